The Morgan fingerprint density at radius 3 is 1.67 bits per heavy atom. The third-order valence-corrected chi connectivity index (χ3v) is 7.20. The van der Waals surface area contributed by atoms with E-state index in [2.05, 4.69) is 56.3 Å². The van der Waals surface area contributed by atoms with E-state index < -0.39 is 0 Å². The molecule has 4 N–H and O–H groups in total. The second-order valence-corrected chi connectivity index (χ2v) is 9.73. The van der Waals surface area contributed by atoms with Gasteiger partial charge in [0, 0.05) is 22.8 Å². The van der Waals surface area contributed by atoms with E-state index in [-0.39, 0.29) is 24.1 Å². The highest BCUT2D eigenvalue weighted by molar-refractivity contribution is 7.10. The van der Waals surface area contributed by atoms with Gasteiger partial charge in [0.15, 0.2) is 0 Å². The molecule has 1 aliphatic carbocycles. The van der Waals surface area contributed by atoms with Crippen molar-refractivity contribution in [3.63, 3.8) is 0 Å². The second kappa shape index (κ2) is 12.6. The number of rotatable bonds is 10. The Morgan fingerprint density at radius 1 is 0.800 bits per heavy atom. The first-order valence-corrected chi connectivity index (χ1v) is 12.6. The summed E-state index contributed by atoms with van der Waals surface area (Å²) in [4.78, 5) is 27.2. The minimum Gasteiger partial charge on any atom is -0.338 e. The Bertz CT molecular complexity index is 685. The van der Waals surface area contributed by atoms with Crippen LogP contribution in [0.2, 0.25) is 0 Å². The summed E-state index contributed by atoms with van der Waals surface area (Å²) in [5.41, 5.74) is 0. The Balaban J connectivity index is 1.31. The average Bonchev–Trinajstić information content (AvgIpc) is 3.44. The lowest BCUT2D eigenvalue weighted by Crippen LogP contribution is -2.56. The van der Waals surface area contributed by atoms with E-state index in [1.54, 1.807) is 22.7 Å². The van der Waals surface area contributed by atoms with Gasteiger partial charge in [-0.3, -0.25) is 0 Å². The molecule has 30 heavy (non-hydrogen) atoms. The van der Waals surface area contributed by atoms with Gasteiger partial charge in [-0.1, -0.05) is 25.0 Å². The molecule has 6 nitrogen and oxygen atoms in total. The number of amides is 4. The van der Waals surface area contributed by atoms with Crippen LogP contribution in [0.4, 0.5) is 9.59 Å². The quantitative estimate of drug-likeness (QED) is 0.409. The molecule has 1 fully saturated rings. The van der Waals surface area contributed by atoms with Gasteiger partial charge in [0.1, 0.15) is 0 Å². The summed E-state index contributed by atoms with van der Waals surface area (Å²) < 4.78 is 0. The van der Waals surface area contributed by atoms with Crippen molar-refractivity contribution in [2.45, 2.75) is 63.5 Å². The first-order chi connectivity index (χ1) is 14.7. The maximum Gasteiger partial charge on any atom is 0.315 e. The molecular formula is C22H32N4O2S2. The first kappa shape index (κ1) is 22.6. The second-order valence-electron chi connectivity index (χ2n) is 7.66. The predicted octanol–water partition coefficient (Wildman–Crippen LogP) is 4.28. The zero-order valence-corrected chi connectivity index (χ0v) is 19.0. The zero-order valence-electron chi connectivity index (χ0n) is 17.3. The van der Waals surface area contributed by atoms with Crippen molar-refractivity contribution >= 4 is 34.7 Å². The van der Waals surface area contributed by atoms with E-state index in [1.807, 2.05) is 0 Å². The SMILES string of the molecule is O=C(NCCCc1cccs1)NC1CCCC[C@H]1NC(=O)NCCCc1cccs1. The molecule has 2 aromatic rings. The fourth-order valence-electron chi connectivity index (χ4n) is 3.75. The van der Waals surface area contributed by atoms with Crippen LogP contribution in [0.5, 0.6) is 0 Å². The van der Waals surface area contributed by atoms with Crippen LogP contribution in [0.25, 0.3) is 0 Å². The lowest BCUT2D eigenvalue weighted by Gasteiger charge is -2.32. The summed E-state index contributed by atoms with van der Waals surface area (Å²) in [6.07, 6.45) is 7.75. The smallest absolute Gasteiger partial charge is 0.315 e. The van der Waals surface area contributed by atoms with Crippen molar-refractivity contribution in [2.75, 3.05) is 13.1 Å². The van der Waals surface area contributed by atoms with Crippen molar-refractivity contribution in [3.05, 3.63) is 44.8 Å². The van der Waals surface area contributed by atoms with E-state index in [1.165, 1.54) is 9.75 Å². The average molecular weight is 449 g/mol. The molecule has 8 heteroatoms. The summed E-state index contributed by atoms with van der Waals surface area (Å²) in [6, 6.07) is 8.02. The van der Waals surface area contributed by atoms with Crippen LogP contribution in [0, 0.1) is 0 Å². The van der Waals surface area contributed by atoms with E-state index in [0.717, 1.165) is 51.4 Å². The highest BCUT2D eigenvalue weighted by Gasteiger charge is 2.27. The van der Waals surface area contributed by atoms with Gasteiger partial charge in [0.2, 0.25) is 0 Å². The molecule has 0 spiro atoms. The Hall–Kier alpha value is -2.06. The van der Waals surface area contributed by atoms with Crippen LogP contribution in [0.15, 0.2) is 35.0 Å². The molecule has 0 bridgehead atoms. The molecule has 1 saturated carbocycles. The molecule has 1 unspecified atom stereocenters. The van der Waals surface area contributed by atoms with Gasteiger partial charge in [0.05, 0.1) is 12.1 Å². The van der Waals surface area contributed by atoms with Crippen molar-refractivity contribution in [2.24, 2.45) is 0 Å². The zero-order chi connectivity index (χ0) is 21.0. The number of carbonyl (C=O) groups excluding carboxylic acids is 2. The third-order valence-electron chi connectivity index (χ3n) is 5.33. The summed E-state index contributed by atoms with van der Waals surface area (Å²) >= 11 is 3.50. The molecule has 1 aliphatic rings. The summed E-state index contributed by atoms with van der Waals surface area (Å²) in [6.45, 7) is 1.30. The fourth-order valence-corrected chi connectivity index (χ4v) is 5.26. The summed E-state index contributed by atoms with van der Waals surface area (Å²) in [7, 11) is 0. The maximum atomic E-state index is 12.3. The van der Waals surface area contributed by atoms with Gasteiger partial charge in [-0.05, 0) is 61.4 Å². The monoisotopic (exact) mass is 448 g/mol. The number of carbonyl (C=O) groups is 2. The molecule has 0 radical (unpaired) electrons. The van der Waals surface area contributed by atoms with Gasteiger partial charge in [-0.25, -0.2) is 9.59 Å². The van der Waals surface area contributed by atoms with Crippen LogP contribution in [0.3, 0.4) is 0 Å². The Kier molecular flexibility index (Phi) is 9.50. The fraction of sp³-hybridized carbons (Fsp3) is 0.545. The van der Waals surface area contributed by atoms with Crippen LogP contribution >= 0.6 is 22.7 Å². The first-order valence-electron chi connectivity index (χ1n) is 10.8. The lowest BCUT2D eigenvalue weighted by molar-refractivity contribution is 0.213. The highest BCUT2D eigenvalue weighted by atomic mass is 32.1. The minimum atomic E-state index is -0.142. The van der Waals surface area contributed by atoms with E-state index >= 15 is 0 Å². The molecule has 0 aromatic carbocycles. The van der Waals surface area contributed by atoms with E-state index in [0.29, 0.717) is 13.1 Å². The lowest BCUT2D eigenvalue weighted by atomic mass is 9.90. The molecule has 2 atom stereocenters. The summed E-state index contributed by atoms with van der Waals surface area (Å²) in [5, 5.41) is 16.2. The molecule has 2 aromatic heterocycles. The van der Waals surface area contributed by atoms with Crippen LogP contribution in [-0.2, 0) is 12.8 Å². The number of hydrogen-bond donors (Lipinski definition) is 4. The molecule has 4 amide bonds. The van der Waals surface area contributed by atoms with Crippen LogP contribution in [0.1, 0.15) is 48.3 Å². The molecule has 2 heterocycles. The van der Waals surface area contributed by atoms with Gasteiger partial charge >= 0.3 is 12.1 Å². The van der Waals surface area contributed by atoms with Crippen LogP contribution < -0.4 is 21.3 Å². The van der Waals surface area contributed by atoms with Gasteiger partial charge in [0.25, 0.3) is 0 Å². The third kappa shape index (κ3) is 7.99. The summed E-state index contributed by atoms with van der Waals surface area (Å²) in [5.74, 6) is 0. The Labute approximate surface area is 186 Å². The number of nitrogens with one attached hydrogen (secondary N) is 4. The molecule has 164 valence electrons. The van der Waals surface area contributed by atoms with Crippen LogP contribution in [-0.4, -0.2) is 37.2 Å². The number of urea groups is 2. The van der Waals surface area contributed by atoms with Gasteiger partial charge in [-0.2, -0.15) is 0 Å². The van der Waals surface area contributed by atoms with Gasteiger partial charge in [-0.15, -0.1) is 22.7 Å². The molecule has 0 aliphatic heterocycles. The van der Waals surface area contributed by atoms with Crippen molar-refractivity contribution in [1.82, 2.24) is 21.3 Å². The normalized spacial score (nSPS) is 18.5. The van der Waals surface area contributed by atoms with E-state index in [4.69, 9.17) is 0 Å². The topological polar surface area (TPSA) is 82.3 Å². The Morgan fingerprint density at radius 2 is 1.27 bits per heavy atom. The maximum absolute atomic E-state index is 12.3. The highest BCUT2D eigenvalue weighted by Crippen LogP contribution is 2.18. The molecule has 3 rings (SSSR count). The largest absolute Gasteiger partial charge is 0.338 e. The molecule has 0 saturated heterocycles. The number of hydrogen-bond acceptors (Lipinski definition) is 4. The molecular weight excluding hydrogens is 416 g/mol. The van der Waals surface area contributed by atoms with Crippen molar-refractivity contribution in [3.8, 4) is 0 Å². The number of aryl methyl sites for hydroxylation is 2. The number of thiophene rings is 2. The van der Waals surface area contributed by atoms with Gasteiger partial charge < -0.3 is 21.3 Å². The minimum absolute atomic E-state index is 0.0204. The standard InChI is InChI=1S/C22H32N4O2S2/c27-21(23-13-3-7-17-9-5-15-29-17)25-19-11-1-2-12-20(19)26-22(28)24-14-4-8-18-10-6-16-30-18/h5-6,9-10,15-16,19-20H,1-4,7-8,11-14H2,(H2,23,25,27)(H2,24,26,28)/t19-,20?/m1/s1. The van der Waals surface area contributed by atoms with E-state index in [9.17, 15) is 9.59 Å². The predicted molar refractivity (Wildman–Crippen MR) is 124 cm³/mol. The van der Waals surface area contributed by atoms with Crippen molar-refractivity contribution in [1.29, 1.82) is 0 Å². The van der Waals surface area contributed by atoms with Crippen molar-refractivity contribution < 1.29 is 9.59 Å².